The Labute approximate surface area is 802 Å². The predicted octanol–water partition coefficient (Wildman–Crippen LogP) is 21.7. The minimum absolute atomic E-state index is 0. The third-order valence-corrected chi connectivity index (χ3v) is 23.2. The maximum Gasteiger partial charge on any atom is 0.316 e. The molecule has 7 aliphatic rings. The standard InChI is InChI=1S/C11H24N2.C10H21NO.C10H20O2.C10H20O.C9H19NO.2C8H15N3.C8H14N2.C8H17N.C8H13N.C7H13N3O.C7H16O.2CH4/c1-5-6-12-7-9-13(10-8-12)11(2,3)4;1-5-8-6-9(12)7-11(8)10(2,3)4;1-5-10(6-11-7-10)8-12-9(2,3)4;1-10(2,3)7-8-5-4-6-9(8)11;1-7-5-10(6-8(7)11)9(2,3)4;1-8(2,3)5-7-10-9-6-11(7)4;1-8(2,3)5-7-9-6-11(4)10-7;1-8(2,3)7-5-6-10(4)9-7;1-7-5-9(6-7)8(2,3)4;1-8(2,3)7-5-4-6-9-7;1-7(2,3)11-6-9-8-5-10(6)4;1-5-6(8)7(2,3)4;;/h5-10H2,1-4H3;8-9,12H,5-7H2,1-4H3;5-8H2,1-4H3;8-9,11H,4-7H2,1-3H3;7-8,11H,5-6H2,1-4H3;2*6H,5H2,1-4H3;5-6H,1-4H3;7H,5-6H2,1-4H3;4-5H,6H2,1-3H3;5H,1-4H3;6,8H,5H2,1-4H3;2*1H4. The topological polar surface area (TPSA) is 247 Å². The molecule has 7 atom stereocenters. The van der Waals surface area contributed by atoms with Gasteiger partial charge in [0.1, 0.15) is 30.4 Å². The molecular weight excluding hydrogens is 1620 g/mol. The van der Waals surface area contributed by atoms with Crippen LogP contribution in [0.2, 0.25) is 0 Å². The summed E-state index contributed by atoms with van der Waals surface area (Å²) in [5.74, 6) is 3.94. The first kappa shape index (κ1) is 130. The Bertz CT molecular complexity index is 3540. The number of ether oxygens (including phenoxy) is 3. The highest BCUT2D eigenvalue weighted by molar-refractivity contribution is 6.00. The van der Waals surface area contributed by atoms with Gasteiger partial charge in [-0.15, -0.1) is 15.3 Å². The molecule has 0 radical (unpaired) electrons. The van der Waals surface area contributed by atoms with Crippen LogP contribution in [0.3, 0.4) is 0 Å². The second kappa shape index (κ2) is 56.9. The van der Waals surface area contributed by atoms with Crippen molar-refractivity contribution in [2.45, 2.75) is 446 Å². The quantitative estimate of drug-likeness (QED) is 0.109. The third-order valence-electron chi connectivity index (χ3n) is 23.2. The average molecular weight is 1840 g/mol. The number of piperazine rings is 1. The Hall–Kier alpha value is -4.60. The summed E-state index contributed by atoms with van der Waals surface area (Å²) in [5, 5.41) is 61.6. The summed E-state index contributed by atoms with van der Waals surface area (Å²) in [6.07, 6.45) is 22.9. The van der Waals surface area contributed by atoms with E-state index in [0.29, 0.717) is 51.2 Å². The number of nitrogens with zero attached hydrogens (tertiary/aromatic N) is 17. The maximum atomic E-state index is 9.55. The van der Waals surface area contributed by atoms with Crippen LogP contribution in [0, 0.1) is 50.2 Å². The normalized spacial score (nSPS) is 20.8. The third kappa shape index (κ3) is 57.4. The van der Waals surface area contributed by atoms with Gasteiger partial charge in [0.05, 0.1) is 62.1 Å². The van der Waals surface area contributed by atoms with Crippen LogP contribution in [0.25, 0.3) is 0 Å². The number of aliphatic hydroxyl groups excluding tert-OH is 4. The molecule has 10 heterocycles. The average Bonchev–Trinajstić information content (AvgIpc) is 1.41. The van der Waals surface area contributed by atoms with Crippen LogP contribution in [0.1, 0.15) is 381 Å². The van der Waals surface area contributed by atoms with Crippen LogP contribution >= 0.6 is 0 Å². The van der Waals surface area contributed by atoms with Crippen molar-refractivity contribution in [3.8, 4) is 6.01 Å². The lowest BCUT2D eigenvalue weighted by Gasteiger charge is -2.46. The van der Waals surface area contributed by atoms with Crippen molar-refractivity contribution in [1.29, 1.82) is 0 Å². The summed E-state index contributed by atoms with van der Waals surface area (Å²) in [7, 11) is 7.65. The van der Waals surface area contributed by atoms with Crippen molar-refractivity contribution in [1.82, 2.24) is 78.6 Å². The highest BCUT2D eigenvalue weighted by Gasteiger charge is 2.40. The van der Waals surface area contributed by atoms with Crippen molar-refractivity contribution in [2.75, 3.05) is 91.8 Å². The molecule has 1 aliphatic carbocycles. The van der Waals surface area contributed by atoms with Gasteiger partial charge in [0, 0.05) is 156 Å². The first-order chi connectivity index (χ1) is 57.9. The van der Waals surface area contributed by atoms with Gasteiger partial charge < -0.3 is 44.1 Å². The van der Waals surface area contributed by atoms with E-state index >= 15 is 0 Å². The summed E-state index contributed by atoms with van der Waals surface area (Å²) in [6.45, 7) is 106. The largest absolute Gasteiger partial charge is 0.458 e. The van der Waals surface area contributed by atoms with Crippen LogP contribution in [-0.2, 0) is 55.9 Å². The zero-order valence-electron chi connectivity index (χ0n) is 92.0. The number of aliphatic imine (C=N–C) groups is 1. The number of hydrogen-bond donors (Lipinski definition) is 4. The molecule has 11 rings (SSSR count). The van der Waals surface area contributed by atoms with Gasteiger partial charge >= 0.3 is 6.01 Å². The molecule has 766 valence electrons. The number of rotatable bonds is 11. The first-order valence-electron chi connectivity index (χ1n) is 49.0. The predicted molar refractivity (Wildman–Crippen MR) is 555 cm³/mol. The van der Waals surface area contributed by atoms with E-state index in [1.165, 1.54) is 77.2 Å². The van der Waals surface area contributed by atoms with Gasteiger partial charge in [-0.3, -0.25) is 38.5 Å². The SMILES string of the molecule is C.C.CC(C)(C)C1=NCC=C1.CC(C)(C)CC1CCCC1O.CC1CN(C(C)(C)C)C1.CC1CN(C(C)(C)C)CC1O.CCC(O)C(C)(C)C.CCC1(COC(C)(C)C)COC1.CCC1CC(O)CN1C(C)(C)C.CCCN1CCN(C(C)(C)C)CC1.Cn1ccc(C(C)(C)C)n1.Cn1cnc(CC(C)(C)C)n1.Cn1cnnc1CC(C)(C)C.Cn1cnnc1OC(C)(C)C. The van der Waals surface area contributed by atoms with Gasteiger partial charge in [-0.1, -0.05) is 199 Å². The molecule has 24 nitrogen and oxygen atoms in total. The van der Waals surface area contributed by atoms with E-state index in [2.05, 4.69) is 326 Å². The smallest absolute Gasteiger partial charge is 0.316 e. The molecule has 4 aromatic rings. The lowest BCUT2D eigenvalue weighted by Crippen LogP contribution is -2.54. The van der Waals surface area contributed by atoms with Crippen molar-refractivity contribution in [3.63, 3.8) is 0 Å². The number of aryl methyl sites for hydroxylation is 4. The van der Waals surface area contributed by atoms with Crippen molar-refractivity contribution in [2.24, 2.45) is 83.4 Å². The molecule has 4 aromatic heterocycles. The van der Waals surface area contributed by atoms with E-state index in [-0.39, 0.29) is 83.2 Å². The summed E-state index contributed by atoms with van der Waals surface area (Å²) in [6, 6.07) is 3.19. The lowest BCUT2D eigenvalue weighted by molar-refractivity contribution is -0.171. The van der Waals surface area contributed by atoms with Gasteiger partial charge in [-0.25, -0.2) is 4.98 Å². The molecule has 5 saturated heterocycles. The summed E-state index contributed by atoms with van der Waals surface area (Å²) < 4.78 is 23.7. The molecule has 0 spiro atoms. The number of aromatic nitrogens is 11. The fraction of sp³-hybridized carbons (Fsp3) is 0.887. The van der Waals surface area contributed by atoms with Crippen LogP contribution in [0.5, 0.6) is 6.01 Å². The monoisotopic (exact) mass is 1840 g/mol. The van der Waals surface area contributed by atoms with Crippen LogP contribution < -0.4 is 4.74 Å². The maximum absolute atomic E-state index is 9.55. The van der Waals surface area contributed by atoms with Crippen molar-refractivity contribution >= 4 is 5.71 Å². The molecular formula is C106H215N17O7. The fourth-order valence-electron chi connectivity index (χ4n) is 14.8. The minimum atomic E-state index is -0.208. The van der Waals surface area contributed by atoms with Crippen LogP contribution in [-0.4, -0.2) is 260 Å². The molecule has 6 fully saturated rings. The van der Waals surface area contributed by atoms with Crippen LogP contribution in [0.15, 0.2) is 48.4 Å². The number of hydrogen-bond acceptors (Lipinski definition) is 20. The lowest BCUT2D eigenvalue weighted by atomic mass is 9.83. The zero-order valence-corrected chi connectivity index (χ0v) is 92.0. The Morgan fingerprint density at radius 3 is 1.35 bits per heavy atom. The molecule has 4 N–H and O–H groups in total. The second-order valence-corrected chi connectivity index (χ2v) is 50.2. The molecule has 7 unspecified atom stereocenters. The Morgan fingerprint density at radius 1 is 0.554 bits per heavy atom. The summed E-state index contributed by atoms with van der Waals surface area (Å²) in [4.78, 5) is 20.9. The van der Waals surface area contributed by atoms with E-state index in [1.54, 1.807) is 28.2 Å². The number of β-amino-alcohol motifs (C(OH)–C–C–N with tert-alkyl or cyclic N) is 2. The van der Waals surface area contributed by atoms with Gasteiger partial charge in [0.25, 0.3) is 0 Å². The van der Waals surface area contributed by atoms with Gasteiger partial charge in [-0.2, -0.15) is 10.2 Å². The Kier molecular flexibility index (Phi) is 56.7. The van der Waals surface area contributed by atoms with Gasteiger partial charge in [-0.05, 0) is 234 Å². The zero-order chi connectivity index (χ0) is 99.6. The Balaban J connectivity index is -0.00000135. The minimum Gasteiger partial charge on any atom is -0.458 e. The number of likely N-dealkylation sites (tertiary alicyclic amines) is 3. The fourth-order valence-corrected chi connectivity index (χ4v) is 14.8. The molecule has 24 heteroatoms. The molecule has 0 aromatic carbocycles. The van der Waals surface area contributed by atoms with Gasteiger partial charge in [0.15, 0.2) is 5.82 Å². The van der Waals surface area contributed by atoms with Crippen molar-refractivity contribution in [3.05, 3.63) is 60.7 Å². The molecule has 0 bridgehead atoms. The number of aliphatic hydroxyl groups is 4. The van der Waals surface area contributed by atoms with E-state index in [1.807, 2.05) is 92.1 Å². The molecule has 1 saturated carbocycles. The summed E-state index contributed by atoms with van der Waals surface area (Å²) >= 11 is 0. The van der Waals surface area contributed by atoms with Crippen LogP contribution in [0.4, 0.5) is 0 Å². The first-order valence-corrected chi connectivity index (χ1v) is 49.0. The van der Waals surface area contributed by atoms with E-state index in [0.717, 1.165) is 114 Å². The Morgan fingerprint density at radius 2 is 1.08 bits per heavy atom. The second-order valence-electron chi connectivity index (χ2n) is 50.2. The highest BCUT2D eigenvalue weighted by Crippen LogP contribution is 2.37. The molecule has 0 amide bonds. The van der Waals surface area contributed by atoms with Crippen molar-refractivity contribution < 1.29 is 34.6 Å². The number of allylic oxidation sites excluding steroid dienone is 1. The molecule has 6 aliphatic heterocycles. The van der Waals surface area contributed by atoms with E-state index in [9.17, 15) is 20.4 Å². The molecule has 130 heavy (non-hydrogen) atoms. The van der Waals surface area contributed by atoms with Gasteiger partial charge in [0.2, 0.25) is 0 Å². The van der Waals surface area contributed by atoms with E-state index in [4.69, 9.17) is 14.2 Å². The van der Waals surface area contributed by atoms with E-state index < -0.39 is 0 Å². The summed E-state index contributed by atoms with van der Waals surface area (Å²) in [5.41, 5.74) is 5.11. The highest BCUT2D eigenvalue weighted by atomic mass is 16.5.